The van der Waals surface area contributed by atoms with Crippen LogP contribution in [0.15, 0.2) is 54.6 Å². The number of para-hydroxylation sites is 1. The van der Waals surface area contributed by atoms with Crippen LogP contribution in [0.1, 0.15) is 16.1 Å². The lowest BCUT2D eigenvalue weighted by Gasteiger charge is -2.05. The van der Waals surface area contributed by atoms with Crippen LogP contribution in [0, 0.1) is 0 Å². The van der Waals surface area contributed by atoms with Crippen LogP contribution in [-0.2, 0) is 6.42 Å². The number of hydrogen-bond donors (Lipinski definition) is 3. The van der Waals surface area contributed by atoms with Crippen molar-refractivity contribution in [3.05, 3.63) is 65.9 Å². The van der Waals surface area contributed by atoms with Gasteiger partial charge < -0.3 is 15.4 Å². The molecule has 3 N–H and O–H groups in total. The topological polar surface area (TPSA) is 65.1 Å². The second-order valence-electron chi connectivity index (χ2n) is 4.89. The number of anilines is 1. The molecule has 4 heteroatoms. The summed E-state index contributed by atoms with van der Waals surface area (Å²) in [5, 5.41) is 12.7. The van der Waals surface area contributed by atoms with E-state index in [4.69, 9.17) is 5.11 Å². The largest absolute Gasteiger partial charge is 0.396 e. The Labute approximate surface area is 122 Å². The number of aromatic amines is 1. The van der Waals surface area contributed by atoms with Crippen LogP contribution < -0.4 is 5.32 Å². The van der Waals surface area contributed by atoms with Gasteiger partial charge in [-0.25, -0.2) is 0 Å². The van der Waals surface area contributed by atoms with E-state index >= 15 is 0 Å². The molecule has 0 aliphatic rings. The summed E-state index contributed by atoms with van der Waals surface area (Å²) < 4.78 is 0. The van der Waals surface area contributed by atoms with Crippen molar-refractivity contribution in [2.45, 2.75) is 6.42 Å². The zero-order valence-corrected chi connectivity index (χ0v) is 11.5. The highest BCUT2D eigenvalue weighted by Crippen LogP contribution is 2.16. The Morgan fingerprint density at radius 1 is 1.10 bits per heavy atom. The fourth-order valence-electron chi connectivity index (χ4n) is 2.28. The van der Waals surface area contributed by atoms with Gasteiger partial charge in [0.25, 0.3) is 5.91 Å². The third kappa shape index (κ3) is 2.95. The predicted molar refractivity (Wildman–Crippen MR) is 83.5 cm³/mol. The van der Waals surface area contributed by atoms with Crippen molar-refractivity contribution in [2.75, 3.05) is 11.9 Å². The van der Waals surface area contributed by atoms with Crippen molar-refractivity contribution >= 4 is 22.5 Å². The van der Waals surface area contributed by atoms with E-state index in [9.17, 15) is 4.79 Å². The minimum absolute atomic E-state index is 0.126. The standard InChI is InChI=1S/C17H16N2O2/c20-10-9-12-5-7-14(8-6-12)18-17(21)16-11-13-3-1-2-4-15(13)19-16/h1-8,11,19-20H,9-10H2,(H,18,21). The lowest BCUT2D eigenvalue weighted by molar-refractivity contribution is 0.102. The first-order valence-corrected chi connectivity index (χ1v) is 6.85. The van der Waals surface area contributed by atoms with Gasteiger partial charge in [-0.2, -0.15) is 0 Å². The summed E-state index contributed by atoms with van der Waals surface area (Å²) in [4.78, 5) is 15.3. The molecule has 4 nitrogen and oxygen atoms in total. The SMILES string of the molecule is O=C(Nc1ccc(CCO)cc1)c1cc2ccccc2[nH]1. The molecule has 0 aliphatic heterocycles. The summed E-state index contributed by atoms with van der Waals surface area (Å²) in [5.41, 5.74) is 3.26. The summed E-state index contributed by atoms with van der Waals surface area (Å²) in [5.74, 6) is -0.166. The Morgan fingerprint density at radius 2 is 1.86 bits per heavy atom. The predicted octanol–water partition coefficient (Wildman–Crippen LogP) is 2.96. The molecule has 0 bridgehead atoms. The van der Waals surface area contributed by atoms with E-state index in [-0.39, 0.29) is 12.5 Å². The second kappa shape index (κ2) is 5.81. The van der Waals surface area contributed by atoms with Crippen molar-refractivity contribution in [3.8, 4) is 0 Å². The fraction of sp³-hybridized carbons (Fsp3) is 0.118. The van der Waals surface area contributed by atoms with E-state index < -0.39 is 0 Å². The zero-order chi connectivity index (χ0) is 14.7. The number of nitrogens with one attached hydrogen (secondary N) is 2. The number of carbonyl (C=O) groups excluding carboxylic acids is 1. The van der Waals surface area contributed by atoms with Gasteiger partial charge in [0.15, 0.2) is 0 Å². The number of hydrogen-bond acceptors (Lipinski definition) is 2. The van der Waals surface area contributed by atoms with Crippen LogP contribution in [-0.4, -0.2) is 22.6 Å². The average molecular weight is 280 g/mol. The first kappa shape index (κ1) is 13.4. The highest BCUT2D eigenvalue weighted by atomic mass is 16.2. The molecule has 1 heterocycles. The van der Waals surface area contributed by atoms with E-state index in [0.29, 0.717) is 12.1 Å². The Morgan fingerprint density at radius 3 is 2.57 bits per heavy atom. The summed E-state index contributed by atoms with van der Waals surface area (Å²) in [6.07, 6.45) is 0.621. The Kier molecular flexibility index (Phi) is 3.71. The van der Waals surface area contributed by atoms with E-state index in [1.165, 1.54) is 0 Å². The summed E-state index contributed by atoms with van der Waals surface area (Å²) in [7, 11) is 0. The van der Waals surface area contributed by atoms with Gasteiger partial charge in [-0.15, -0.1) is 0 Å². The molecular weight excluding hydrogens is 264 g/mol. The molecule has 0 spiro atoms. The van der Waals surface area contributed by atoms with Crippen molar-refractivity contribution in [2.24, 2.45) is 0 Å². The first-order valence-electron chi connectivity index (χ1n) is 6.85. The third-order valence-electron chi connectivity index (χ3n) is 3.39. The molecule has 3 rings (SSSR count). The first-order chi connectivity index (χ1) is 10.3. The van der Waals surface area contributed by atoms with Gasteiger partial charge in [0.05, 0.1) is 0 Å². The molecule has 1 aromatic heterocycles. The minimum atomic E-state index is -0.166. The van der Waals surface area contributed by atoms with E-state index in [1.807, 2.05) is 54.6 Å². The minimum Gasteiger partial charge on any atom is -0.396 e. The molecule has 106 valence electrons. The Balaban J connectivity index is 1.76. The lowest BCUT2D eigenvalue weighted by Crippen LogP contribution is -2.12. The molecule has 0 saturated carbocycles. The molecule has 1 amide bonds. The number of aliphatic hydroxyl groups is 1. The zero-order valence-electron chi connectivity index (χ0n) is 11.5. The maximum absolute atomic E-state index is 12.2. The fourth-order valence-corrected chi connectivity index (χ4v) is 2.28. The van der Waals surface area contributed by atoms with Crippen LogP contribution in [0.25, 0.3) is 10.9 Å². The van der Waals surface area contributed by atoms with Crippen molar-refractivity contribution in [3.63, 3.8) is 0 Å². The van der Waals surface area contributed by atoms with Gasteiger partial charge in [0.1, 0.15) is 5.69 Å². The second-order valence-corrected chi connectivity index (χ2v) is 4.89. The van der Waals surface area contributed by atoms with Crippen molar-refractivity contribution in [1.29, 1.82) is 0 Å². The summed E-state index contributed by atoms with van der Waals surface area (Å²) in [6.45, 7) is 0.126. The lowest BCUT2D eigenvalue weighted by atomic mass is 10.1. The van der Waals surface area contributed by atoms with Crippen LogP contribution in [0.3, 0.4) is 0 Å². The van der Waals surface area contributed by atoms with Gasteiger partial charge in [0, 0.05) is 23.2 Å². The van der Waals surface area contributed by atoms with Gasteiger partial charge in [-0.05, 0) is 36.2 Å². The maximum Gasteiger partial charge on any atom is 0.272 e. The molecule has 0 fully saturated rings. The van der Waals surface area contributed by atoms with Crippen LogP contribution >= 0.6 is 0 Å². The molecule has 0 unspecified atom stereocenters. The van der Waals surface area contributed by atoms with Gasteiger partial charge in [-0.3, -0.25) is 4.79 Å². The normalized spacial score (nSPS) is 10.7. The molecule has 0 radical (unpaired) electrons. The molecule has 2 aromatic carbocycles. The van der Waals surface area contributed by atoms with Crippen LogP contribution in [0.5, 0.6) is 0 Å². The Hall–Kier alpha value is -2.59. The van der Waals surface area contributed by atoms with Gasteiger partial charge in [-0.1, -0.05) is 30.3 Å². The monoisotopic (exact) mass is 280 g/mol. The number of carbonyl (C=O) groups is 1. The van der Waals surface area contributed by atoms with Gasteiger partial charge >= 0.3 is 0 Å². The number of amides is 1. The van der Waals surface area contributed by atoms with E-state index in [2.05, 4.69) is 10.3 Å². The Bertz CT molecular complexity index is 727. The average Bonchev–Trinajstić information content (AvgIpc) is 2.94. The van der Waals surface area contributed by atoms with Crippen LogP contribution in [0.4, 0.5) is 5.69 Å². The van der Waals surface area contributed by atoms with Crippen LogP contribution in [0.2, 0.25) is 0 Å². The summed E-state index contributed by atoms with van der Waals surface area (Å²) in [6, 6.07) is 17.1. The van der Waals surface area contributed by atoms with Crippen molar-refractivity contribution < 1.29 is 9.90 Å². The smallest absolute Gasteiger partial charge is 0.272 e. The highest BCUT2D eigenvalue weighted by Gasteiger charge is 2.09. The molecular formula is C17H16N2O2. The molecule has 21 heavy (non-hydrogen) atoms. The number of aromatic nitrogens is 1. The third-order valence-corrected chi connectivity index (χ3v) is 3.39. The number of fused-ring (bicyclic) bond motifs is 1. The molecule has 0 aliphatic carbocycles. The van der Waals surface area contributed by atoms with Crippen molar-refractivity contribution in [1.82, 2.24) is 4.98 Å². The van der Waals surface area contributed by atoms with E-state index in [1.54, 1.807) is 0 Å². The number of rotatable bonds is 4. The molecule has 3 aromatic rings. The summed E-state index contributed by atoms with van der Waals surface area (Å²) >= 11 is 0. The number of H-pyrrole nitrogens is 1. The molecule has 0 saturated heterocycles. The quantitative estimate of drug-likeness (QED) is 0.688. The van der Waals surface area contributed by atoms with E-state index in [0.717, 1.165) is 22.2 Å². The maximum atomic E-state index is 12.2. The molecule has 0 atom stereocenters. The van der Waals surface area contributed by atoms with Gasteiger partial charge in [0.2, 0.25) is 0 Å². The highest BCUT2D eigenvalue weighted by molar-refractivity contribution is 6.05. The number of benzene rings is 2. The number of aliphatic hydroxyl groups excluding tert-OH is 1.